The average Bonchev–Trinajstić information content (AvgIpc) is 2.23. The van der Waals surface area contributed by atoms with Gasteiger partial charge in [-0.1, -0.05) is 6.08 Å². The quantitative estimate of drug-likeness (QED) is 0.542. The van der Waals surface area contributed by atoms with E-state index in [9.17, 15) is 0 Å². The Morgan fingerprint density at radius 2 is 1.57 bits per heavy atom. The van der Waals surface area contributed by atoms with E-state index in [1.807, 2.05) is 40.7 Å². The summed E-state index contributed by atoms with van der Waals surface area (Å²) in [6, 6.07) is 0. The summed E-state index contributed by atoms with van der Waals surface area (Å²) in [5, 5.41) is 7.23. The van der Waals surface area contributed by atoms with Crippen LogP contribution in [0.4, 0.5) is 0 Å². The van der Waals surface area contributed by atoms with Crippen LogP contribution in [-0.2, 0) is 9.31 Å². The van der Waals surface area contributed by atoms with Gasteiger partial charge >= 0.3 is 7.12 Å². The number of nitrogens with one attached hydrogen (secondary N) is 1. The second-order valence-corrected chi connectivity index (χ2v) is 4.52. The molecule has 0 aromatic carbocycles. The lowest BCUT2D eigenvalue weighted by molar-refractivity contribution is 0.00578. The third-order valence-corrected chi connectivity index (χ3v) is 3.03. The lowest BCUT2D eigenvalue weighted by Gasteiger charge is -2.32. The van der Waals surface area contributed by atoms with Crippen molar-refractivity contribution in [3.05, 3.63) is 11.5 Å². The van der Waals surface area contributed by atoms with Gasteiger partial charge in [0.05, 0.1) is 11.2 Å². The molecule has 0 bridgehead atoms. The highest BCUT2D eigenvalue weighted by molar-refractivity contribution is 6.60. The smallest absolute Gasteiger partial charge is 0.399 e. The second-order valence-electron chi connectivity index (χ2n) is 4.52. The molecule has 1 aliphatic heterocycles. The summed E-state index contributed by atoms with van der Waals surface area (Å²) in [5.74, 6) is 0. The highest BCUT2D eigenvalue weighted by Crippen LogP contribution is 2.38. The van der Waals surface area contributed by atoms with Crippen LogP contribution in [0.2, 0.25) is 0 Å². The number of rotatable bonds is 2. The molecule has 0 radical (unpaired) electrons. The van der Waals surface area contributed by atoms with Crippen molar-refractivity contribution in [2.45, 2.75) is 45.8 Å². The van der Waals surface area contributed by atoms with Crippen LogP contribution < -0.4 is 0 Å². The first kappa shape index (κ1) is 11.5. The van der Waals surface area contributed by atoms with Gasteiger partial charge in [-0.05, 0) is 40.1 Å². The Labute approximate surface area is 86.1 Å². The van der Waals surface area contributed by atoms with Crippen LogP contribution in [-0.4, -0.2) is 24.5 Å². The molecule has 1 saturated heterocycles. The molecule has 1 rings (SSSR count). The summed E-state index contributed by atoms with van der Waals surface area (Å²) >= 11 is 0. The predicted octanol–water partition coefficient (Wildman–Crippen LogP) is 2.21. The first-order valence-corrected chi connectivity index (χ1v) is 4.86. The Bertz CT molecular complexity index is 255. The first-order chi connectivity index (χ1) is 6.34. The average molecular weight is 195 g/mol. The zero-order chi connectivity index (χ0) is 11.0. The molecule has 4 heteroatoms. The summed E-state index contributed by atoms with van der Waals surface area (Å²) in [6.45, 7) is 9.90. The number of allylic oxidation sites excluding steroid dienone is 2. The van der Waals surface area contributed by atoms with Gasteiger partial charge in [-0.2, -0.15) is 0 Å². The Balaban J connectivity index is 2.88. The summed E-state index contributed by atoms with van der Waals surface area (Å²) in [5.41, 5.74) is 0.118. The van der Waals surface area contributed by atoms with E-state index in [1.54, 1.807) is 0 Å². The zero-order valence-corrected chi connectivity index (χ0v) is 9.55. The molecule has 1 N–H and O–H groups in total. The van der Waals surface area contributed by atoms with E-state index in [0.29, 0.717) is 0 Å². The van der Waals surface area contributed by atoms with Crippen molar-refractivity contribution in [1.29, 1.82) is 5.41 Å². The van der Waals surface area contributed by atoms with Crippen LogP contribution in [0.1, 0.15) is 34.6 Å². The molecule has 1 heterocycles. The Hall–Kier alpha value is -0.605. The zero-order valence-electron chi connectivity index (χ0n) is 9.55. The maximum Gasteiger partial charge on any atom is 0.496 e. The Morgan fingerprint density at radius 1 is 1.14 bits per heavy atom. The summed E-state index contributed by atoms with van der Waals surface area (Å²) in [6.07, 6.45) is 3.12. The highest BCUT2D eigenvalue weighted by Gasteiger charge is 2.51. The van der Waals surface area contributed by atoms with Crippen molar-refractivity contribution in [3.8, 4) is 0 Å². The molecule has 0 aliphatic carbocycles. The van der Waals surface area contributed by atoms with Crippen LogP contribution in [0.5, 0.6) is 0 Å². The predicted molar refractivity (Wildman–Crippen MR) is 58.6 cm³/mol. The van der Waals surface area contributed by atoms with Gasteiger partial charge in [0, 0.05) is 6.21 Å². The van der Waals surface area contributed by atoms with Gasteiger partial charge in [-0.15, -0.1) is 0 Å². The number of hydrogen-bond donors (Lipinski definition) is 1. The molecule has 1 aliphatic rings. The Kier molecular flexibility index (Phi) is 2.88. The van der Waals surface area contributed by atoms with E-state index in [-0.39, 0.29) is 11.2 Å². The third-order valence-electron chi connectivity index (χ3n) is 3.03. The maximum absolute atomic E-state index is 7.23. The van der Waals surface area contributed by atoms with Crippen molar-refractivity contribution in [2.75, 3.05) is 0 Å². The minimum Gasteiger partial charge on any atom is -0.399 e. The van der Waals surface area contributed by atoms with Gasteiger partial charge < -0.3 is 14.7 Å². The lowest BCUT2D eigenvalue weighted by atomic mass is 9.79. The Morgan fingerprint density at radius 3 is 1.86 bits per heavy atom. The minimum absolute atomic E-state index is 0.324. The molecule has 0 amide bonds. The van der Waals surface area contributed by atoms with E-state index in [2.05, 4.69) is 0 Å². The summed E-state index contributed by atoms with van der Waals surface area (Å²) in [7, 11) is -0.400. The van der Waals surface area contributed by atoms with Crippen LogP contribution in [0.25, 0.3) is 0 Å². The summed E-state index contributed by atoms with van der Waals surface area (Å²) in [4.78, 5) is 0. The largest absolute Gasteiger partial charge is 0.496 e. The van der Waals surface area contributed by atoms with E-state index >= 15 is 0 Å². The fourth-order valence-corrected chi connectivity index (χ4v) is 1.27. The SMILES string of the molecule is CC=C(C=N)B1OC(C)(C)C(C)(C)O1. The molecular weight excluding hydrogens is 177 g/mol. The maximum atomic E-state index is 7.23. The minimum atomic E-state index is -0.400. The fourth-order valence-electron chi connectivity index (χ4n) is 1.27. The van der Waals surface area contributed by atoms with E-state index in [1.165, 1.54) is 6.21 Å². The molecule has 78 valence electrons. The lowest BCUT2D eigenvalue weighted by Crippen LogP contribution is -2.41. The van der Waals surface area contributed by atoms with Gasteiger partial charge in [0.2, 0.25) is 0 Å². The van der Waals surface area contributed by atoms with Crippen LogP contribution in [0, 0.1) is 5.41 Å². The molecule has 14 heavy (non-hydrogen) atoms. The van der Waals surface area contributed by atoms with Gasteiger partial charge in [-0.25, -0.2) is 0 Å². The molecule has 0 atom stereocenters. The van der Waals surface area contributed by atoms with Gasteiger partial charge in [0.15, 0.2) is 0 Å². The monoisotopic (exact) mass is 195 g/mol. The van der Waals surface area contributed by atoms with Crippen molar-refractivity contribution >= 4 is 13.3 Å². The molecular formula is C10H18BNO2. The molecule has 0 aromatic rings. The van der Waals surface area contributed by atoms with Crippen LogP contribution >= 0.6 is 0 Å². The van der Waals surface area contributed by atoms with Crippen molar-refractivity contribution in [1.82, 2.24) is 0 Å². The van der Waals surface area contributed by atoms with Crippen LogP contribution in [0.3, 0.4) is 0 Å². The topological polar surface area (TPSA) is 42.3 Å². The summed E-state index contributed by atoms with van der Waals surface area (Å²) < 4.78 is 11.5. The molecule has 1 fully saturated rings. The molecule has 0 unspecified atom stereocenters. The van der Waals surface area contributed by atoms with E-state index in [4.69, 9.17) is 14.7 Å². The molecule has 3 nitrogen and oxygen atoms in total. The standard InChI is InChI=1S/C10H18BNO2/c1-6-8(7-12)11-13-9(2,3)10(4,5)14-11/h6-7,12H,1-5H3. The first-order valence-electron chi connectivity index (χ1n) is 4.86. The molecule has 0 saturated carbocycles. The molecule has 0 spiro atoms. The van der Waals surface area contributed by atoms with E-state index in [0.717, 1.165) is 5.47 Å². The second kappa shape index (κ2) is 3.52. The normalized spacial score (nSPS) is 25.2. The van der Waals surface area contributed by atoms with Gasteiger partial charge in [0.1, 0.15) is 0 Å². The number of hydrogen-bond acceptors (Lipinski definition) is 3. The molecule has 0 aromatic heterocycles. The van der Waals surface area contributed by atoms with Gasteiger partial charge in [0.25, 0.3) is 0 Å². The fraction of sp³-hybridized carbons (Fsp3) is 0.700. The highest BCUT2D eigenvalue weighted by atomic mass is 16.7. The third kappa shape index (κ3) is 1.77. The van der Waals surface area contributed by atoms with Gasteiger partial charge in [-0.3, -0.25) is 0 Å². The van der Waals surface area contributed by atoms with Crippen molar-refractivity contribution in [2.24, 2.45) is 0 Å². The van der Waals surface area contributed by atoms with E-state index < -0.39 is 7.12 Å². The van der Waals surface area contributed by atoms with Crippen molar-refractivity contribution < 1.29 is 9.31 Å². The van der Waals surface area contributed by atoms with Crippen LogP contribution in [0.15, 0.2) is 11.5 Å². The van der Waals surface area contributed by atoms with Crippen molar-refractivity contribution in [3.63, 3.8) is 0 Å².